The Balaban J connectivity index is 0.00000352. The van der Waals surface area contributed by atoms with Crippen molar-refractivity contribution in [1.82, 2.24) is 0 Å². The Hall–Kier alpha value is -2.85. The predicted octanol–water partition coefficient (Wildman–Crippen LogP) is 4.51. The fraction of sp³-hybridized carbons (Fsp3) is 0. The van der Waals surface area contributed by atoms with E-state index in [-0.39, 0.29) is 163 Å². The minimum Gasteiger partial charge on any atom is -0.507 e. The maximum absolute atomic E-state index is 12.7. The Morgan fingerprint density at radius 3 is 1.06 bits per heavy atom. The van der Waals surface area contributed by atoms with Gasteiger partial charge in [0.15, 0.2) is 0 Å². The van der Waals surface area contributed by atoms with E-state index in [1.54, 1.807) is 0 Å². The summed E-state index contributed by atoms with van der Waals surface area (Å²) in [5.74, 6) is -1.53. The van der Waals surface area contributed by atoms with Gasteiger partial charge in [-0.1, -0.05) is 0 Å². The summed E-state index contributed by atoms with van der Waals surface area (Å²) in [4.78, 5) is 9.39. The van der Waals surface area contributed by atoms with Crippen molar-refractivity contribution in [2.75, 3.05) is 22.1 Å². The summed E-state index contributed by atoms with van der Waals surface area (Å²) in [7, 11) is -19.7. The zero-order valence-electron chi connectivity index (χ0n) is 33.5. The van der Waals surface area contributed by atoms with Gasteiger partial charge in [-0.05, 0) is 83.6 Å². The number of amides is 2. The summed E-state index contributed by atoms with van der Waals surface area (Å²) in [5, 5.41) is 40.9. The SMILES string of the molecule is Nc1c(S(=O)(=O)O)cc2cc(S(=O)(=O)O)cc(O)c2c1N=Nc1ccc(NC(=O)Nc2ccc(N=Nc3c(N)c(S(=O)(=O)O)cc4cc(S(=O)(=O)O)cc(O)c34)cc2)cc1.[Na].[Na].[Na].[Na]. The first-order valence-electron chi connectivity index (χ1n) is 16.0. The second-order valence-electron chi connectivity index (χ2n) is 12.3. The van der Waals surface area contributed by atoms with Gasteiger partial charge in [0.25, 0.3) is 40.5 Å². The van der Waals surface area contributed by atoms with Gasteiger partial charge in [0.1, 0.15) is 32.7 Å². The Bertz CT molecular complexity index is 3110. The van der Waals surface area contributed by atoms with E-state index < -0.39 is 100 Å². The first kappa shape index (κ1) is 57.3. The number of hydrogen-bond acceptors (Lipinski definition) is 17. The summed E-state index contributed by atoms with van der Waals surface area (Å²) in [5.41, 5.74) is 10.4. The Morgan fingerprint density at radius 1 is 0.469 bits per heavy atom. The molecule has 12 N–H and O–H groups in total. The van der Waals surface area contributed by atoms with Crippen molar-refractivity contribution in [3.8, 4) is 11.5 Å². The minimum absolute atomic E-state index is 0. The Labute approximate surface area is 451 Å². The van der Waals surface area contributed by atoms with Gasteiger partial charge in [-0.2, -0.15) is 43.9 Å². The number of aromatic hydroxyl groups is 2. The molecule has 6 aromatic rings. The molecule has 0 saturated carbocycles. The number of phenolic OH excluding ortho intramolecular Hbond substituents is 2. The van der Waals surface area contributed by atoms with Gasteiger partial charge >= 0.3 is 6.03 Å². The van der Waals surface area contributed by atoms with Crippen molar-refractivity contribution in [3.63, 3.8) is 0 Å². The number of benzene rings is 6. The molecule has 64 heavy (non-hydrogen) atoms. The van der Waals surface area contributed by atoms with E-state index in [0.717, 1.165) is 24.3 Å². The van der Waals surface area contributed by atoms with E-state index in [9.17, 15) is 66.9 Å². The van der Waals surface area contributed by atoms with E-state index in [1.165, 1.54) is 48.5 Å². The van der Waals surface area contributed by atoms with E-state index in [0.29, 0.717) is 12.1 Å². The molecule has 0 aliphatic rings. The number of carbonyl (C=O) groups is 1. The van der Waals surface area contributed by atoms with Crippen LogP contribution in [0.25, 0.3) is 21.5 Å². The molecule has 0 aromatic heterocycles. The summed E-state index contributed by atoms with van der Waals surface area (Å²) in [6.45, 7) is 0. The van der Waals surface area contributed by atoms with Crippen molar-refractivity contribution in [3.05, 3.63) is 84.9 Å². The molecule has 2 amide bonds. The number of anilines is 4. The summed E-state index contributed by atoms with van der Waals surface area (Å²) in [6, 6.07) is 14.9. The molecule has 0 heterocycles. The van der Waals surface area contributed by atoms with Crippen molar-refractivity contribution < 1.29 is 66.9 Å². The molecule has 6 aromatic carbocycles. The van der Waals surface area contributed by atoms with Gasteiger partial charge < -0.3 is 32.3 Å². The van der Waals surface area contributed by atoms with E-state index in [1.807, 2.05) is 0 Å². The number of urea groups is 1. The molecule has 0 atom stereocenters. The molecule has 0 unspecified atom stereocenters. The Kier molecular flexibility index (Phi) is 19.6. The average Bonchev–Trinajstić information content (AvgIpc) is 3.13. The van der Waals surface area contributed by atoms with Crippen LogP contribution in [0.2, 0.25) is 0 Å². The summed E-state index contributed by atoms with van der Waals surface area (Å²) >= 11 is 0. The molecule has 0 saturated heterocycles. The fourth-order valence-electron chi connectivity index (χ4n) is 5.59. The summed E-state index contributed by atoms with van der Waals surface area (Å²) in [6.07, 6.45) is 0. The van der Waals surface area contributed by atoms with Gasteiger partial charge in [-0.3, -0.25) is 18.2 Å². The zero-order chi connectivity index (χ0) is 44.1. The number of hydrogen-bond donors (Lipinski definition) is 10. The molecule has 316 valence electrons. The summed E-state index contributed by atoms with van der Waals surface area (Å²) < 4.78 is 133. The predicted molar refractivity (Wildman–Crippen MR) is 236 cm³/mol. The topological polar surface area (TPSA) is 401 Å². The zero-order valence-corrected chi connectivity index (χ0v) is 44.8. The number of rotatable bonds is 10. The minimum atomic E-state index is -5.00. The van der Waals surface area contributed by atoms with Crippen LogP contribution in [0.5, 0.6) is 11.5 Å². The number of carbonyl (C=O) groups excluding carboxylic acids is 1. The van der Waals surface area contributed by atoms with E-state index in [4.69, 9.17) is 11.5 Å². The first-order chi connectivity index (χ1) is 27.8. The van der Waals surface area contributed by atoms with Crippen LogP contribution in [0.15, 0.2) is 125 Å². The van der Waals surface area contributed by atoms with Crippen LogP contribution in [-0.2, 0) is 40.5 Å². The Morgan fingerprint density at radius 2 is 0.781 bits per heavy atom. The van der Waals surface area contributed by atoms with Crippen LogP contribution in [0.4, 0.5) is 50.3 Å². The number of phenols is 2. The van der Waals surface area contributed by atoms with Gasteiger partial charge in [0.05, 0.1) is 43.3 Å². The fourth-order valence-corrected chi connectivity index (χ4v) is 7.97. The number of azo groups is 2. The number of nitrogens with one attached hydrogen (secondary N) is 2. The average molecular weight is 995 g/mol. The third kappa shape index (κ3) is 13.2. The molecular formula is C33H26N8Na4O15S4. The molecule has 0 spiro atoms. The second-order valence-corrected chi connectivity index (χ2v) is 18.0. The third-order valence-corrected chi connectivity index (χ3v) is 11.7. The first-order valence-corrected chi connectivity index (χ1v) is 21.8. The molecular weight excluding hydrogens is 969 g/mol. The molecule has 23 nitrogen and oxygen atoms in total. The van der Waals surface area contributed by atoms with Crippen LogP contribution in [0.3, 0.4) is 0 Å². The third-order valence-electron chi connectivity index (χ3n) is 8.26. The van der Waals surface area contributed by atoms with E-state index >= 15 is 0 Å². The molecule has 0 fully saturated rings. The number of nitrogen functional groups attached to an aromatic ring is 2. The molecule has 0 aliphatic carbocycles. The van der Waals surface area contributed by atoms with Crippen molar-refractivity contribution >= 4 is 232 Å². The maximum atomic E-state index is 12.7. The number of nitrogens with two attached hydrogens (primary N) is 2. The molecule has 4 radical (unpaired) electrons. The molecule has 0 bridgehead atoms. The monoisotopic (exact) mass is 994 g/mol. The van der Waals surface area contributed by atoms with Crippen molar-refractivity contribution in [1.29, 1.82) is 0 Å². The van der Waals surface area contributed by atoms with Gasteiger partial charge in [-0.15, -0.1) is 10.2 Å². The van der Waals surface area contributed by atoms with Crippen LogP contribution in [0.1, 0.15) is 0 Å². The van der Waals surface area contributed by atoms with E-state index in [2.05, 4.69) is 31.1 Å². The van der Waals surface area contributed by atoms with Gasteiger partial charge in [0, 0.05) is 142 Å². The van der Waals surface area contributed by atoms with Crippen LogP contribution < -0.4 is 22.1 Å². The quantitative estimate of drug-likeness (QED) is 0.0390. The molecule has 31 heteroatoms. The maximum Gasteiger partial charge on any atom is 0.323 e. The largest absolute Gasteiger partial charge is 0.507 e. The second kappa shape index (κ2) is 21.8. The standard InChI is InChI=1S/C33H26N8O15S4.4Na/c34-29-25(59(51,52)53)11-15-9-21(57(45,46)47)13-23(42)27(15)31(29)40-38-19-5-1-17(2-6-19)36-33(44)37-18-3-7-20(8-4-18)39-41-32-28-16(12-26(30(32)35)60(54,55)56)10-22(14-24(28)43)58(48,49)50;;;;/h1-14,42-43H,34-35H2,(H2,36,37,44)(H,45,46,47)(H,48,49,50)(H,51,52,53)(H,54,55,56);;;;. The van der Waals surface area contributed by atoms with Crippen LogP contribution in [0, 0.1) is 0 Å². The molecule has 6 rings (SSSR count). The van der Waals surface area contributed by atoms with Crippen LogP contribution >= 0.6 is 0 Å². The van der Waals surface area contributed by atoms with Gasteiger partial charge in [-0.25, -0.2) is 4.79 Å². The number of nitrogens with zero attached hydrogens (tertiary/aromatic N) is 4. The van der Waals surface area contributed by atoms with Crippen molar-refractivity contribution in [2.45, 2.75) is 19.6 Å². The van der Waals surface area contributed by atoms with Gasteiger partial charge in [0.2, 0.25) is 0 Å². The van der Waals surface area contributed by atoms with Crippen LogP contribution in [-0.4, -0.2) is 186 Å². The molecule has 0 aliphatic heterocycles. The normalized spacial score (nSPS) is 11.9. The van der Waals surface area contributed by atoms with Crippen molar-refractivity contribution in [2.24, 2.45) is 20.5 Å². The number of fused-ring (bicyclic) bond motifs is 2. The smallest absolute Gasteiger partial charge is 0.323 e.